The summed E-state index contributed by atoms with van der Waals surface area (Å²) in [6.45, 7) is 8.62. The number of sulfonamides is 1. The summed E-state index contributed by atoms with van der Waals surface area (Å²) in [7, 11) is -0.896. The number of ether oxygens (including phenoxy) is 1. The fourth-order valence-corrected chi connectivity index (χ4v) is 7.29. The van der Waals surface area contributed by atoms with E-state index in [2.05, 4.69) is 24.0 Å². The van der Waals surface area contributed by atoms with E-state index >= 15 is 0 Å². The first kappa shape index (κ1) is 22.9. The number of aryl methyl sites for hydroxylation is 1. The minimum atomic E-state index is -3.76. The van der Waals surface area contributed by atoms with E-state index < -0.39 is 16.0 Å². The summed E-state index contributed by atoms with van der Waals surface area (Å²) in [4.78, 5) is 15.8. The zero-order chi connectivity index (χ0) is 22.1. The molecule has 2 aromatic rings. The molecule has 0 N–H and O–H groups in total. The molecule has 0 fully saturated rings. The van der Waals surface area contributed by atoms with Gasteiger partial charge in [0.15, 0.2) is 0 Å². The largest absolute Gasteiger partial charge is 0.465 e. The summed E-state index contributed by atoms with van der Waals surface area (Å²) in [5.74, 6) is -0.387. The van der Waals surface area contributed by atoms with Crippen LogP contribution in [0.2, 0.25) is 0 Å². The average Bonchev–Trinajstić information content (AvgIpc) is 3.08. The number of thiophene rings is 1. The maximum absolute atomic E-state index is 13.3. The number of carbonyl (C=O) groups excluding carboxylic acids is 1. The molecule has 164 valence electrons. The van der Waals surface area contributed by atoms with Gasteiger partial charge in [-0.1, -0.05) is 38.1 Å². The van der Waals surface area contributed by atoms with Crippen molar-refractivity contribution in [2.45, 2.75) is 44.5 Å². The second kappa shape index (κ2) is 9.18. The summed E-state index contributed by atoms with van der Waals surface area (Å²) in [6, 6.07) is 8.28. The number of hydrogen-bond donors (Lipinski definition) is 0. The minimum absolute atomic E-state index is 0.111. The van der Waals surface area contributed by atoms with Gasteiger partial charge in [-0.2, -0.15) is 4.31 Å². The molecule has 0 atom stereocenters. The number of rotatable bonds is 7. The van der Waals surface area contributed by atoms with E-state index in [1.54, 1.807) is 7.05 Å². The van der Waals surface area contributed by atoms with Crippen LogP contribution in [0, 0.1) is 12.8 Å². The van der Waals surface area contributed by atoms with E-state index in [0.29, 0.717) is 19.5 Å². The molecule has 8 heteroatoms. The number of carbonyl (C=O) groups is 1. The van der Waals surface area contributed by atoms with Crippen LogP contribution in [-0.4, -0.2) is 50.8 Å². The van der Waals surface area contributed by atoms with Gasteiger partial charge in [0.25, 0.3) is 10.0 Å². The molecule has 0 saturated carbocycles. The predicted molar refractivity (Wildman–Crippen MR) is 119 cm³/mol. The third-order valence-corrected chi connectivity index (χ3v) is 8.95. The Morgan fingerprint density at radius 2 is 2.00 bits per heavy atom. The Labute approximate surface area is 183 Å². The number of nitrogens with zero attached hydrogens (tertiary/aromatic N) is 2. The predicted octanol–water partition coefficient (Wildman–Crippen LogP) is 3.68. The van der Waals surface area contributed by atoms with Gasteiger partial charge in [-0.25, -0.2) is 13.2 Å². The van der Waals surface area contributed by atoms with Gasteiger partial charge in [0.1, 0.15) is 4.21 Å². The van der Waals surface area contributed by atoms with Gasteiger partial charge >= 0.3 is 5.97 Å². The first-order valence-electron chi connectivity index (χ1n) is 10.1. The Morgan fingerprint density at radius 3 is 2.63 bits per heavy atom. The van der Waals surface area contributed by atoms with E-state index in [1.807, 2.05) is 26.0 Å². The molecule has 0 saturated heterocycles. The van der Waals surface area contributed by atoms with E-state index in [9.17, 15) is 13.2 Å². The van der Waals surface area contributed by atoms with Crippen LogP contribution in [0.3, 0.4) is 0 Å². The Morgan fingerprint density at radius 1 is 1.30 bits per heavy atom. The molecule has 2 heterocycles. The van der Waals surface area contributed by atoms with Gasteiger partial charge in [-0.3, -0.25) is 4.90 Å². The molecule has 1 aliphatic rings. The number of benzene rings is 1. The van der Waals surface area contributed by atoms with Crippen LogP contribution >= 0.6 is 11.3 Å². The quantitative estimate of drug-likeness (QED) is 0.602. The van der Waals surface area contributed by atoms with Crippen molar-refractivity contribution >= 4 is 27.3 Å². The van der Waals surface area contributed by atoms with Gasteiger partial charge in [-0.15, -0.1) is 11.3 Å². The second-order valence-corrected chi connectivity index (χ2v) is 11.6. The van der Waals surface area contributed by atoms with Gasteiger partial charge < -0.3 is 4.74 Å². The highest BCUT2D eigenvalue weighted by Gasteiger charge is 2.36. The molecular formula is C22H30N2O4S2. The normalized spacial score (nSPS) is 14.9. The van der Waals surface area contributed by atoms with Gasteiger partial charge in [0.05, 0.1) is 12.7 Å². The van der Waals surface area contributed by atoms with Crippen LogP contribution in [0.5, 0.6) is 0 Å². The minimum Gasteiger partial charge on any atom is -0.465 e. The Balaban J connectivity index is 1.95. The Hall–Kier alpha value is -1.74. The number of esters is 1. The van der Waals surface area contributed by atoms with Crippen LogP contribution in [0.1, 0.15) is 45.8 Å². The monoisotopic (exact) mass is 450 g/mol. The topological polar surface area (TPSA) is 66.9 Å². The Bertz CT molecular complexity index is 1030. The number of hydrogen-bond acceptors (Lipinski definition) is 6. The van der Waals surface area contributed by atoms with Crippen LogP contribution in [0.4, 0.5) is 0 Å². The van der Waals surface area contributed by atoms with Crippen molar-refractivity contribution in [2.75, 3.05) is 27.2 Å². The Kier molecular flexibility index (Phi) is 7.02. The fourth-order valence-electron chi connectivity index (χ4n) is 3.84. The first-order chi connectivity index (χ1) is 14.1. The lowest BCUT2D eigenvalue weighted by Gasteiger charge is -2.27. The van der Waals surface area contributed by atoms with Crippen molar-refractivity contribution in [3.8, 4) is 0 Å². The van der Waals surface area contributed by atoms with Gasteiger partial charge in [-0.05, 0) is 36.0 Å². The maximum atomic E-state index is 13.3. The summed E-state index contributed by atoms with van der Waals surface area (Å²) < 4.78 is 32.9. The molecule has 0 amide bonds. The van der Waals surface area contributed by atoms with Crippen LogP contribution < -0.4 is 0 Å². The summed E-state index contributed by atoms with van der Waals surface area (Å²) in [5.41, 5.74) is 3.55. The third-order valence-electron chi connectivity index (χ3n) is 5.42. The molecule has 30 heavy (non-hydrogen) atoms. The van der Waals surface area contributed by atoms with Crippen LogP contribution in [0.15, 0.2) is 28.5 Å². The molecule has 3 rings (SSSR count). The summed E-state index contributed by atoms with van der Waals surface area (Å²) in [5, 5.41) is 0. The van der Waals surface area contributed by atoms with E-state index in [1.165, 1.54) is 33.9 Å². The summed E-state index contributed by atoms with van der Waals surface area (Å²) in [6.07, 6.45) is 0.631. The van der Waals surface area contributed by atoms with Gasteiger partial charge in [0.2, 0.25) is 0 Å². The molecule has 0 spiro atoms. The lowest BCUT2D eigenvalue weighted by Crippen LogP contribution is -2.31. The lowest BCUT2D eigenvalue weighted by molar-refractivity contribution is 0.0595. The first-order valence-corrected chi connectivity index (χ1v) is 12.4. The van der Waals surface area contributed by atoms with Crippen molar-refractivity contribution in [1.29, 1.82) is 0 Å². The average molecular weight is 451 g/mol. The lowest BCUT2D eigenvalue weighted by atomic mass is 10.0. The molecule has 0 bridgehead atoms. The fraction of sp³-hybridized carbons (Fsp3) is 0.500. The zero-order valence-electron chi connectivity index (χ0n) is 18.3. The van der Waals surface area contributed by atoms with E-state index in [0.717, 1.165) is 23.5 Å². The molecule has 6 nitrogen and oxygen atoms in total. The van der Waals surface area contributed by atoms with Crippen molar-refractivity contribution in [3.05, 3.63) is 51.4 Å². The van der Waals surface area contributed by atoms with E-state index in [-0.39, 0.29) is 15.7 Å². The third kappa shape index (κ3) is 4.61. The van der Waals surface area contributed by atoms with E-state index in [4.69, 9.17) is 4.74 Å². The highest BCUT2D eigenvalue weighted by atomic mass is 32.2. The standard InChI is InChI=1S/C22H30N2O4S2/c1-15(2)12-23(4)30(26,27)22-20(21(25)28-5)18-10-11-24(14-19(18)29-22)13-17-9-7-6-8-16(17)3/h6-9,15H,10-14H2,1-5H3. The highest BCUT2D eigenvalue weighted by molar-refractivity contribution is 7.91. The molecule has 0 unspecified atom stereocenters. The highest BCUT2D eigenvalue weighted by Crippen LogP contribution is 2.38. The SMILES string of the molecule is COC(=O)c1c(S(=O)(=O)N(C)CC(C)C)sc2c1CCN(Cc1ccccc1C)C2. The van der Waals surface area contributed by atoms with Crippen molar-refractivity contribution in [3.63, 3.8) is 0 Å². The van der Waals surface area contributed by atoms with Crippen molar-refractivity contribution < 1.29 is 17.9 Å². The van der Waals surface area contributed by atoms with Crippen LogP contribution in [0.25, 0.3) is 0 Å². The molecule has 0 aliphatic carbocycles. The number of methoxy groups -OCH3 is 1. The van der Waals surface area contributed by atoms with Gasteiger partial charge in [0, 0.05) is 38.1 Å². The molecule has 0 radical (unpaired) electrons. The molecule has 1 aliphatic heterocycles. The molecule has 1 aromatic carbocycles. The number of fused-ring (bicyclic) bond motifs is 1. The van der Waals surface area contributed by atoms with Crippen molar-refractivity contribution in [1.82, 2.24) is 9.21 Å². The molecule has 1 aromatic heterocycles. The molecular weight excluding hydrogens is 420 g/mol. The zero-order valence-corrected chi connectivity index (χ0v) is 19.9. The maximum Gasteiger partial charge on any atom is 0.340 e. The summed E-state index contributed by atoms with van der Waals surface area (Å²) >= 11 is 1.21. The van der Waals surface area contributed by atoms with Crippen molar-refractivity contribution in [2.24, 2.45) is 5.92 Å². The smallest absolute Gasteiger partial charge is 0.340 e. The van der Waals surface area contributed by atoms with Crippen LogP contribution in [-0.2, 0) is 34.3 Å². The second-order valence-electron chi connectivity index (χ2n) is 8.22.